The van der Waals surface area contributed by atoms with Crippen molar-refractivity contribution >= 4 is 11.6 Å². The fraction of sp³-hybridized carbons (Fsp3) is 0.571. The van der Waals surface area contributed by atoms with Crippen LogP contribution in [0.1, 0.15) is 23.1 Å². The maximum absolute atomic E-state index is 6.04. The molecule has 0 aromatic heterocycles. The summed E-state index contributed by atoms with van der Waals surface area (Å²) in [5, 5.41) is 3.50. The average Bonchev–Trinajstić information content (AvgIpc) is 2.29. The van der Waals surface area contributed by atoms with Crippen molar-refractivity contribution in [1.82, 2.24) is 5.32 Å². The summed E-state index contributed by atoms with van der Waals surface area (Å²) in [7, 11) is 1.68. The Bertz CT molecular complexity index is 341. The van der Waals surface area contributed by atoms with Crippen molar-refractivity contribution in [2.45, 2.75) is 32.2 Å². The van der Waals surface area contributed by atoms with Gasteiger partial charge in [0, 0.05) is 13.7 Å². The van der Waals surface area contributed by atoms with Crippen LogP contribution in [0, 0.1) is 13.8 Å². The third-order valence-corrected chi connectivity index (χ3v) is 3.23. The van der Waals surface area contributed by atoms with Crippen LogP contribution in [0.4, 0.5) is 0 Å². The number of hydrogen-bond acceptors (Lipinski definition) is 2. The van der Waals surface area contributed by atoms with E-state index in [-0.39, 0.29) is 5.38 Å². The first-order valence-electron chi connectivity index (χ1n) is 6.03. The monoisotopic (exact) mass is 255 g/mol. The van der Waals surface area contributed by atoms with Gasteiger partial charge in [-0.3, -0.25) is 0 Å². The summed E-state index contributed by atoms with van der Waals surface area (Å²) in [4.78, 5) is 0. The molecule has 1 aromatic carbocycles. The van der Waals surface area contributed by atoms with Crippen LogP contribution >= 0.6 is 11.6 Å². The summed E-state index contributed by atoms with van der Waals surface area (Å²) in [6.45, 7) is 6.72. The van der Waals surface area contributed by atoms with Crippen LogP contribution in [0.5, 0.6) is 0 Å². The molecule has 96 valence electrons. The molecule has 3 heteroatoms. The maximum atomic E-state index is 6.04. The van der Waals surface area contributed by atoms with Crippen LogP contribution in [-0.2, 0) is 11.3 Å². The second kappa shape index (κ2) is 7.70. The fourth-order valence-electron chi connectivity index (χ4n) is 1.67. The van der Waals surface area contributed by atoms with Gasteiger partial charge in [0.25, 0.3) is 0 Å². The summed E-state index contributed by atoms with van der Waals surface area (Å²) in [6, 6.07) is 6.57. The second-order valence-corrected chi connectivity index (χ2v) is 5.05. The Kier molecular flexibility index (Phi) is 6.56. The van der Waals surface area contributed by atoms with Gasteiger partial charge in [-0.25, -0.2) is 0 Å². The van der Waals surface area contributed by atoms with E-state index >= 15 is 0 Å². The van der Waals surface area contributed by atoms with E-state index in [1.54, 1.807) is 7.11 Å². The minimum absolute atomic E-state index is 0.104. The highest BCUT2D eigenvalue weighted by Crippen LogP contribution is 2.09. The minimum atomic E-state index is 0.104. The molecule has 1 unspecified atom stereocenters. The van der Waals surface area contributed by atoms with Gasteiger partial charge in [-0.1, -0.05) is 18.2 Å². The highest BCUT2D eigenvalue weighted by Gasteiger charge is 2.03. The van der Waals surface area contributed by atoms with E-state index in [1.807, 2.05) is 0 Å². The smallest absolute Gasteiger partial charge is 0.0626 e. The molecule has 0 saturated heterocycles. The second-order valence-electron chi connectivity index (χ2n) is 4.44. The molecule has 0 aliphatic carbocycles. The van der Waals surface area contributed by atoms with E-state index in [9.17, 15) is 0 Å². The summed E-state index contributed by atoms with van der Waals surface area (Å²) in [6.07, 6.45) is 0.931. The molecule has 2 nitrogen and oxygen atoms in total. The lowest BCUT2D eigenvalue weighted by Crippen LogP contribution is -2.20. The molecule has 0 spiro atoms. The highest BCUT2D eigenvalue weighted by molar-refractivity contribution is 6.20. The van der Waals surface area contributed by atoms with Crippen molar-refractivity contribution in [2.75, 3.05) is 20.3 Å². The van der Waals surface area contributed by atoms with E-state index in [0.717, 1.165) is 19.5 Å². The molecule has 1 N–H and O–H groups in total. The predicted molar refractivity (Wildman–Crippen MR) is 73.8 cm³/mol. The quantitative estimate of drug-likeness (QED) is 0.597. The third kappa shape index (κ3) is 5.53. The first-order chi connectivity index (χ1) is 8.13. The highest BCUT2D eigenvalue weighted by atomic mass is 35.5. The van der Waals surface area contributed by atoms with Gasteiger partial charge in [-0.2, -0.15) is 0 Å². The van der Waals surface area contributed by atoms with Gasteiger partial charge in [0.1, 0.15) is 0 Å². The van der Waals surface area contributed by atoms with Gasteiger partial charge in [0.2, 0.25) is 0 Å². The average molecular weight is 256 g/mol. The molecule has 0 radical (unpaired) electrons. The van der Waals surface area contributed by atoms with E-state index in [0.29, 0.717) is 6.61 Å². The van der Waals surface area contributed by atoms with Crippen LogP contribution in [0.15, 0.2) is 18.2 Å². The molecule has 0 amide bonds. The summed E-state index contributed by atoms with van der Waals surface area (Å²) < 4.78 is 4.99. The lowest BCUT2D eigenvalue weighted by molar-refractivity contribution is 0.195. The number of rotatable bonds is 7. The predicted octanol–water partition coefficient (Wildman–Crippen LogP) is 3.04. The van der Waals surface area contributed by atoms with Crippen LogP contribution in [0.25, 0.3) is 0 Å². The number of aryl methyl sites for hydroxylation is 2. The molecule has 1 atom stereocenters. The topological polar surface area (TPSA) is 21.3 Å². The zero-order valence-electron chi connectivity index (χ0n) is 10.9. The molecule has 0 saturated carbocycles. The van der Waals surface area contributed by atoms with Crippen molar-refractivity contribution < 1.29 is 4.74 Å². The molecule has 0 fully saturated rings. The lowest BCUT2D eigenvalue weighted by atomic mass is 10.1. The molecular weight excluding hydrogens is 234 g/mol. The first kappa shape index (κ1) is 14.5. The SMILES string of the molecule is COCC(Cl)CCNCc1ccc(C)c(C)c1. The standard InChI is InChI=1S/C14H22ClNO/c1-11-4-5-13(8-12(11)2)9-16-7-6-14(15)10-17-3/h4-5,8,14,16H,6-7,9-10H2,1-3H3. The van der Waals surface area contributed by atoms with Crippen molar-refractivity contribution in [3.63, 3.8) is 0 Å². The number of ether oxygens (including phenoxy) is 1. The Hall–Kier alpha value is -0.570. The summed E-state index contributed by atoms with van der Waals surface area (Å²) in [5.74, 6) is 0. The van der Waals surface area contributed by atoms with Crippen molar-refractivity contribution in [3.8, 4) is 0 Å². The van der Waals surface area contributed by atoms with Crippen LogP contribution in [0.3, 0.4) is 0 Å². The Balaban J connectivity index is 2.24. The fourth-order valence-corrected chi connectivity index (χ4v) is 1.90. The Labute approximate surface area is 109 Å². The number of benzene rings is 1. The molecule has 0 aliphatic rings. The normalized spacial score (nSPS) is 12.7. The lowest BCUT2D eigenvalue weighted by Gasteiger charge is -2.10. The number of hydrogen-bond donors (Lipinski definition) is 1. The Morgan fingerprint density at radius 3 is 2.71 bits per heavy atom. The zero-order chi connectivity index (χ0) is 12.7. The van der Waals surface area contributed by atoms with Gasteiger partial charge in [-0.15, -0.1) is 11.6 Å². The van der Waals surface area contributed by atoms with Gasteiger partial charge in [0.05, 0.1) is 12.0 Å². The molecule has 0 bridgehead atoms. The van der Waals surface area contributed by atoms with Gasteiger partial charge < -0.3 is 10.1 Å². The van der Waals surface area contributed by atoms with E-state index in [2.05, 4.69) is 37.4 Å². The summed E-state index contributed by atoms with van der Waals surface area (Å²) in [5.41, 5.74) is 4.01. The first-order valence-corrected chi connectivity index (χ1v) is 6.47. The van der Waals surface area contributed by atoms with Crippen LogP contribution in [0.2, 0.25) is 0 Å². The van der Waals surface area contributed by atoms with Crippen molar-refractivity contribution in [3.05, 3.63) is 34.9 Å². The van der Waals surface area contributed by atoms with Crippen molar-refractivity contribution in [2.24, 2.45) is 0 Å². The van der Waals surface area contributed by atoms with Gasteiger partial charge in [0.15, 0.2) is 0 Å². The van der Waals surface area contributed by atoms with Gasteiger partial charge >= 0.3 is 0 Å². The molecular formula is C14H22ClNO. The largest absolute Gasteiger partial charge is 0.383 e. The molecule has 1 aromatic rings. The minimum Gasteiger partial charge on any atom is -0.383 e. The maximum Gasteiger partial charge on any atom is 0.0626 e. The summed E-state index contributed by atoms with van der Waals surface area (Å²) >= 11 is 6.04. The number of methoxy groups -OCH3 is 1. The molecule has 0 heterocycles. The molecule has 0 aliphatic heterocycles. The number of halogens is 1. The third-order valence-electron chi connectivity index (χ3n) is 2.88. The molecule has 17 heavy (non-hydrogen) atoms. The van der Waals surface area contributed by atoms with E-state index < -0.39 is 0 Å². The number of nitrogens with one attached hydrogen (secondary N) is 1. The van der Waals surface area contributed by atoms with E-state index in [1.165, 1.54) is 16.7 Å². The van der Waals surface area contributed by atoms with Crippen LogP contribution in [-0.4, -0.2) is 25.6 Å². The van der Waals surface area contributed by atoms with E-state index in [4.69, 9.17) is 16.3 Å². The molecule has 1 rings (SSSR count). The number of alkyl halides is 1. The zero-order valence-corrected chi connectivity index (χ0v) is 11.7. The Morgan fingerprint density at radius 2 is 2.06 bits per heavy atom. The Morgan fingerprint density at radius 1 is 1.29 bits per heavy atom. The van der Waals surface area contributed by atoms with Gasteiger partial charge in [-0.05, 0) is 43.5 Å². The van der Waals surface area contributed by atoms with Crippen LogP contribution < -0.4 is 5.32 Å². The van der Waals surface area contributed by atoms with Crippen molar-refractivity contribution in [1.29, 1.82) is 0 Å².